The molecule has 1 aromatic carbocycles. The number of esters is 1. The van der Waals surface area contributed by atoms with E-state index in [1.807, 2.05) is 5.57 Å². The van der Waals surface area contributed by atoms with Crippen molar-refractivity contribution in [3.8, 4) is 11.5 Å². The molecule has 5 rings (SSSR count). The van der Waals surface area contributed by atoms with E-state index < -0.39 is 0 Å². The molecule has 3 fully saturated rings. The van der Waals surface area contributed by atoms with Crippen LogP contribution in [0.25, 0.3) is 6.08 Å². The molecule has 4 nitrogen and oxygen atoms in total. The third-order valence-corrected chi connectivity index (χ3v) is 13.2. The highest BCUT2D eigenvalue weighted by molar-refractivity contribution is 5.87. The van der Waals surface area contributed by atoms with Crippen LogP contribution in [0.5, 0.6) is 11.5 Å². The van der Waals surface area contributed by atoms with E-state index in [1.165, 1.54) is 58.1 Å². The number of phenols is 1. The summed E-state index contributed by atoms with van der Waals surface area (Å²) in [6, 6.07) is 5.05. The number of fused-ring (bicyclic) bond motifs is 5. The van der Waals surface area contributed by atoms with E-state index >= 15 is 0 Å². The number of aromatic hydroxyl groups is 1. The Balaban J connectivity index is 1.20. The topological polar surface area (TPSA) is 55.8 Å². The minimum atomic E-state index is -0.286. The van der Waals surface area contributed by atoms with Crippen LogP contribution < -0.4 is 4.74 Å². The molecule has 0 bridgehead atoms. The third kappa shape index (κ3) is 6.32. The lowest BCUT2D eigenvalue weighted by Gasteiger charge is -2.58. The van der Waals surface area contributed by atoms with Crippen LogP contribution in [0.4, 0.5) is 0 Å². The molecule has 0 saturated heterocycles. The lowest BCUT2D eigenvalue weighted by atomic mass is 9.47. The van der Waals surface area contributed by atoms with Crippen molar-refractivity contribution in [3.05, 3.63) is 41.5 Å². The van der Waals surface area contributed by atoms with Gasteiger partial charge in [0.25, 0.3) is 0 Å². The Morgan fingerprint density at radius 3 is 2.51 bits per heavy atom. The molecule has 1 aromatic rings. The maximum Gasteiger partial charge on any atom is 0.331 e. The second-order valence-electron chi connectivity index (χ2n) is 15.5. The average molecular weight is 591 g/mol. The van der Waals surface area contributed by atoms with Crippen LogP contribution >= 0.6 is 0 Å². The van der Waals surface area contributed by atoms with Crippen LogP contribution in [-0.4, -0.2) is 24.3 Å². The quantitative estimate of drug-likeness (QED) is 0.167. The van der Waals surface area contributed by atoms with Crippen LogP contribution in [-0.2, 0) is 9.53 Å². The number of hydrogen-bond acceptors (Lipinski definition) is 4. The fourth-order valence-electron chi connectivity index (χ4n) is 10.4. The van der Waals surface area contributed by atoms with Crippen molar-refractivity contribution in [2.24, 2.45) is 52.3 Å². The molecule has 43 heavy (non-hydrogen) atoms. The molecule has 0 spiro atoms. The van der Waals surface area contributed by atoms with Gasteiger partial charge in [-0.05, 0) is 134 Å². The fraction of sp³-hybridized carbons (Fsp3) is 0.718. The van der Waals surface area contributed by atoms with Gasteiger partial charge in [-0.3, -0.25) is 0 Å². The van der Waals surface area contributed by atoms with Crippen LogP contribution in [0.1, 0.15) is 118 Å². The monoisotopic (exact) mass is 590 g/mol. The molecule has 0 aliphatic heterocycles. The molecule has 1 N–H and O–H groups in total. The third-order valence-electron chi connectivity index (χ3n) is 13.2. The van der Waals surface area contributed by atoms with Gasteiger partial charge in [-0.2, -0.15) is 0 Å². The zero-order chi connectivity index (χ0) is 30.9. The first-order chi connectivity index (χ1) is 20.5. The Kier molecular flexibility index (Phi) is 9.74. The zero-order valence-corrected chi connectivity index (χ0v) is 28.0. The minimum absolute atomic E-state index is 0.0112. The Morgan fingerprint density at radius 1 is 1.05 bits per heavy atom. The number of carbonyl (C=O) groups excluding carboxylic acids is 1. The largest absolute Gasteiger partial charge is 0.504 e. The van der Waals surface area contributed by atoms with Gasteiger partial charge in [0, 0.05) is 6.08 Å². The summed E-state index contributed by atoms with van der Waals surface area (Å²) in [6.07, 6.45) is 19.7. The Morgan fingerprint density at radius 2 is 1.79 bits per heavy atom. The first-order valence-electron chi connectivity index (χ1n) is 17.5. The first-order valence-corrected chi connectivity index (χ1v) is 17.5. The van der Waals surface area contributed by atoms with Crippen LogP contribution in [0, 0.1) is 52.3 Å². The summed E-state index contributed by atoms with van der Waals surface area (Å²) in [5, 5.41) is 9.82. The van der Waals surface area contributed by atoms with Gasteiger partial charge in [-0.25, -0.2) is 4.79 Å². The van der Waals surface area contributed by atoms with Gasteiger partial charge in [0.05, 0.1) is 7.11 Å². The van der Waals surface area contributed by atoms with E-state index in [0.29, 0.717) is 28.4 Å². The molecule has 0 unspecified atom stereocenters. The number of methoxy groups -OCH3 is 1. The van der Waals surface area contributed by atoms with Crippen LogP contribution in [0.2, 0.25) is 0 Å². The van der Waals surface area contributed by atoms with Gasteiger partial charge in [0.1, 0.15) is 6.10 Å². The number of carbonyl (C=O) groups is 1. The van der Waals surface area contributed by atoms with Crippen molar-refractivity contribution in [2.75, 3.05) is 7.11 Å². The Labute approximate surface area is 261 Å². The summed E-state index contributed by atoms with van der Waals surface area (Å²) in [4.78, 5) is 12.8. The van der Waals surface area contributed by atoms with E-state index in [9.17, 15) is 9.90 Å². The fourth-order valence-corrected chi connectivity index (χ4v) is 10.4. The number of rotatable bonds is 10. The second kappa shape index (κ2) is 13.0. The molecule has 238 valence electrons. The zero-order valence-electron chi connectivity index (χ0n) is 28.0. The van der Waals surface area contributed by atoms with Gasteiger partial charge in [-0.1, -0.05) is 72.1 Å². The van der Waals surface area contributed by atoms with E-state index in [2.05, 4.69) is 47.6 Å². The summed E-state index contributed by atoms with van der Waals surface area (Å²) >= 11 is 0. The van der Waals surface area contributed by atoms with Crippen molar-refractivity contribution < 1.29 is 19.4 Å². The van der Waals surface area contributed by atoms with E-state index in [1.54, 1.807) is 24.3 Å². The maximum absolute atomic E-state index is 12.8. The van der Waals surface area contributed by atoms with Gasteiger partial charge < -0.3 is 14.6 Å². The summed E-state index contributed by atoms with van der Waals surface area (Å²) < 4.78 is 11.2. The molecule has 4 aliphatic carbocycles. The molecule has 4 aliphatic rings. The van der Waals surface area contributed by atoms with E-state index in [0.717, 1.165) is 60.8 Å². The summed E-state index contributed by atoms with van der Waals surface area (Å²) in [7, 11) is 1.52. The SMILES string of the molecule is CC[C@H](CC[C@@H](C)[C@H]1CC[C@H]2C3=CC[C@H]4C[C@@H](OC(=O)C=Cc5ccc(O)c(OC)c5)CC[C@]4(C)[C@H]3CC[C@]12C)C(C)C. The van der Waals surface area contributed by atoms with Gasteiger partial charge in [0.15, 0.2) is 11.5 Å². The standard InChI is InChI=1S/C39H58O4/c1-8-28(25(2)3)12-9-26(4)32-15-16-33-31-14-13-29-24-30(19-21-38(29,5)34(31)20-22-39(32,33)6)43-37(41)18-11-27-10-17-35(40)36(23-27)42-7/h10-11,14,17-18,23,25-26,28-30,32-34,40H,8-9,12-13,15-16,19-22,24H2,1-7H3/t26-,28-,29+,30+,32-,33+,34+,38+,39-/m1/s1. The molecule has 3 saturated carbocycles. The summed E-state index contributed by atoms with van der Waals surface area (Å²) in [5.41, 5.74) is 3.40. The highest BCUT2D eigenvalue weighted by atomic mass is 16.5. The summed E-state index contributed by atoms with van der Waals surface area (Å²) in [5.74, 6) is 5.59. The van der Waals surface area contributed by atoms with Crippen molar-refractivity contribution in [3.63, 3.8) is 0 Å². The number of hydrogen-bond donors (Lipinski definition) is 1. The maximum atomic E-state index is 12.8. The first kappa shape index (κ1) is 32.2. The number of ether oxygens (including phenoxy) is 2. The molecule has 9 atom stereocenters. The average Bonchev–Trinajstić information content (AvgIpc) is 3.34. The Bertz CT molecular complexity index is 1200. The highest BCUT2D eigenvalue weighted by Gasteiger charge is 2.58. The van der Waals surface area contributed by atoms with Crippen molar-refractivity contribution in [2.45, 2.75) is 118 Å². The van der Waals surface area contributed by atoms with Gasteiger partial charge in [0.2, 0.25) is 0 Å². The predicted octanol–water partition coefficient (Wildman–Crippen LogP) is 10.0. The Hall–Kier alpha value is -2.23. The van der Waals surface area contributed by atoms with Gasteiger partial charge in [-0.15, -0.1) is 0 Å². The van der Waals surface area contributed by atoms with E-state index in [-0.39, 0.29) is 17.8 Å². The highest BCUT2D eigenvalue weighted by Crippen LogP contribution is 2.67. The predicted molar refractivity (Wildman–Crippen MR) is 176 cm³/mol. The normalized spacial score (nSPS) is 35.1. The summed E-state index contributed by atoms with van der Waals surface area (Å²) in [6.45, 7) is 15.0. The lowest BCUT2D eigenvalue weighted by Crippen LogP contribution is -2.50. The number of phenolic OH excluding ortho intramolecular Hbond substituents is 1. The van der Waals surface area contributed by atoms with Crippen molar-refractivity contribution in [1.29, 1.82) is 0 Å². The molecule has 4 heteroatoms. The van der Waals surface area contributed by atoms with Crippen LogP contribution in [0.3, 0.4) is 0 Å². The van der Waals surface area contributed by atoms with Crippen molar-refractivity contribution >= 4 is 12.0 Å². The van der Waals surface area contributed by atoms with Crippen molar-refractivity contribution in [1.82, 2.24) is 0 Å². The smallest absolute Gasteiger partial charge is 0.331 e. The molecule has 0 heterocycles. The molecule has 0 aromatic heterocycles. The number of allylic oxidation sites excluding steroid dienone is 2. The van der Waals surface area contributed by atoms with E-state index in [4.69, 9.17) is 9.47 Å². The number of benzene rings is 1. The molecule has 0 amide bonds. The van der Waals surface area contributed by atoms with Gasteiger partial charge >= 0.3 is 5.97 Å². The molecular weight excluding hydrogens is 532 g/mol. The lowest BCUT2D eigenvalue weighted by molar-refractivity contribution is -0.148. The second-order valence-corrected chi connectivity index (χ2v) is 15.5. The molecule has 0 radical (unpaired) electrons. The molecular formula is C39H58O4. The minimum Gasteiger partial charge on any atom is -0.504 e. The van der Waals surface area contributed by atoms with Crippen LogP contribution in [0.15, 0.2) is 35.9 Å².